The van der Waals surface area contributed by atoms with Crippen LogP contribution in [0.1, 0.15) is 19.3 Å². The average Bonchev–Trinajstić information content (AvgIpc) is 2.86. The Labute approximate surface area is 117 Å². The second-order valence-corrected chi connectivity index (χ2v) is 6.80. The fraction of sp³-hybridized carbons (Fsp3) is 0.923. The Hall–Kier alpha value is -0.300. The van der Waals surface area contributed by atoms with Crippen LogP contribution in [0.3, 0.4) is 0 Å². The quantitative estimate of drug-likeness (QED) is 0.812. The zero-order chi connectivity index (χ0) is 13.3. The van der Waals surface area contributed by atoms with Crippen LogP contribution in [0.25, 0.3) is 0 Å². The minimum Gasteiger partial charge on any atom is -0.480 e. The van der Waals surface area contributed by atoms with Crippen LogP contribution in [0.15, 0.2) is 0 Å². The van der Waals surface area contributed by atoms with Crippen molar-refractivity contribution >= 4 is 17.7 Å². The molecule has 19 heavy (non-hydrogen) atoms. The van der Waals surface area contributed by atoms with Crippen molar-refractivity contribution in [2.75, 3.05) is 37.9 Å². The van der Waals surface area contributed by atoms with E-state index in [1.54, 1.807) is 11.8 Å². The van der Waals surface area contributed by atoms with Crippen LogP contribution >= 0.6 is 11.8 Å². The fourth-order valence-corrected chi connectivity index (χ4v) is 4.48. The number of carboxylic acid groups (broad SMARTS) is 1. The molecule has 1 spiro atoms. The Kier molecular flexibility index (Phi) is 4.03. The zero-order valence-corrected chi connectivity index (χ0v) is 11.9. The third kappa shape index (κ3) is 2.77. The topological polar surface area (TPSA) is 59.0 Å². The highest BCUT2D eigenvalue weighted by Gasteiger charge is 2.44. The molecule has 1 N–H and O–H groups in total. The summed E-state index contributed by atoms with van der Waals surface area (Å²) in [6.45, 7) is 3.04. The van der Waals surface area contributed by atoms with E-state index < -0.39 is 5.97 Å². The van der Waals surface area contributed by atoms with Gasteiger partial charge in [0.15, 0.2) is 0 Å². The van der Waals surface area contributed by atoms with Crippen LogP contribution in [0.2, 0.25) is 0 Å². The highest BCUT2D eigenvalue weighted by Crippen LogP contribution is 2.36. The highest BCUT2D eigenvalue weighted by atomic mass is 32.2. The predicted octanol–water partition coefficient (Wildman–Crippen LogP) is 0.826. The number of nitrogens with zero attached hydrogens (tertiary/aromatic N) is 1. The van der Waals surface area contributed by atoms with Gasteiger partial charge in [0.05, 0.1) is 12.2 Å². The minimum absolute atomic E-state index is 0.142. The number of ether oxygens (including phenoxy) is 2. The van der Waals surface area contributed by atoms with Gasteiger partial charge in [0.2, 0.25) is 0 Å². The third-order valence-corrected chi connectivity index (χ3v) is 5.48. The Bertz CT molecular complexity index is 346. The fourth-order valence-electron chi connectivity index (χ4n) is 3.41. The smallest absolute Gasteiger partial charge is 0.321 e. The molecular weight excluding hydrogens is 266 g/mol. The van der Waals surface area contributed by atoms with E-state index >= 15 is 0 Å². The maximum absolute atomic E-state index is 11.4. The van der Waals surface area contributed by atoms with Crippen molar-refractivity contribution in [2.24, 2.45) is 0 Å². The molecule has 0 amide bonds. The first kappa shape index (κ1) is 13.7. The van der Waals surface area contributed by atoms with Gasteiger partial charge in [-0.1, -0.05) is 0 Å². The van der Waals surface area contributed by atoms with Gasteiger partial charge in [0.25, 0.3) is 0 Å². The van der Waals surface area contributed by atoms with Crippen LogP contribution in [-0.2, 0) is 14.3 Å². The maximum atomic E-state index is 11.4. The number of hydrogen-bond donors (Lipinski definition) is 1. The standard InChI is InChI=1S/C13H21NO4S/c15-12(16)11-8-19-6-3-14(11)10-1-4-18-13(7-10)2-5-17-9-13/h10-11H,1-9H2,(H,15,16). The van der Waals surface area contributed by atoms with E-state index in [0.717, 1.165) is 44.8 Å². The summed E-state index contributed by atoms with van der Waals surface area (Å²) in [7, 11) is 0. The van der Waals surface area contributed by atoms with Crippen molar-refractivity contribution < 1.29 is 19.4 Å². The van der Waals surface area contributed by atoms with Gasteiger partial charge in [0, 0.05) is 43.7 Å². The van der Waals surface area contributed by atoms with Crippen molar-refractivity contribution in [3.63, 3.8) is 0 Å². The second kappa shape index (κ2) is 5.60. The van der Waals surface area contributed by atoms with E-state index in [0.29, 0.717) is 18.4 Å². The summed E-state index contributed by atoms with van der Waals surface area (Å²) in [5, 5.41) is 9.39. The monoisotopic (exact) mass is 287 g/mol. The molecule has 3 rings (SSSR count). The molecule has 3 saturated heterocycles. The van der Waals surface area contributed by atoms with Crippen LogP contribution < -0.4 is 0 Å². The Morgan fingerprint density at radius 1 is 1.42 bits per heavy atom. The Balaban J connectivity index is 1.71. The van der Waals surface area contributed by atoms with Gasteiger partial charge < -0.3 is 14.6 Å². The van der Waals surface area contributed by atoms with Gasteiger partial charge in [-0.2, -0.15) is 11.8 Å². The molecule has 3 aliphatic heterocycles. The molecule has 108 valence electrons. The largest absolute Gasteiger partial charge is 0.480 e. The normalized spacial score (nSPS) is 40.6. The molecule has 0 aromatic rings. The molecule has 3 unspecified atom stereocenters. The first-order chi connectivity index (χ1) is 9.20. The van der Waals surface area contributed by atoms with E-state index in [9.17, 15) is 9.90 Å². The molecular formula is C13H21NO4S. The number of aliphatic carboxylic acids is 1. The lowest BCUT2D eigenvalue weighted by Crippen LogP contribution is -2.57. The molecule has 0 saturated carbocycles. The van der Waals surface area contributed by atoms with Gasteiger partial charge >= 0.3 is 5.97 Å². The summed E-state index contributed by atoms with van der Waals surface area (Å²) in [5.74, 6) is 1.05. The van der Waals surface area contributed by atoms with Crippen LogP contribution in [-0.4, -0.2) is 71.5 Å². The molecule has 0 radical (unpaired) electrons. The maximum Gasteiger partial charge on any atom is 0.321 e. The van der Waals surface area contributed by atoms with Gasteiger partial charge in [-0.3, -0.25) is 9.69 Å². The van der Waals surface area contributed by atoms with E-state index in [4.69, 9.17) is 9.47 Å². The van der Waals surface area contributed by atoms with Gasteiger partial charge in [-0.05, 0) is 12.8 Å². The Morgan fingerprint density at radius 2 is 2.32 bits per heavy atom. The zero-order valence-electron chi connectivity index (χ0n) is 11.0. The first-order valence-electron chi connectivity index (χ1n) is 6.98. The molecule has 3 aliphatic rings. The van der Waals surface area contributed by atoms with Crippen molar-refractivity contribution in [3.05, 3.63) is 0 Å². The number of carbonyl (C=O) groups is 1. The lowest BCUT2D eigenvalue weighted by atomic mass is 9.88. The van der Waals surface area contributed by atoms with Crippen molar-refractivity contribution in [1.82, 2.24) is 4.90 Å². The summed E-state index contributed by atoms with van der Waals surface area (Å²) in [6, 6.07) is -0.00123. The van der Waals surface area contributed by atoms with Crippen LogP contribution in [0, 0.1) is 0 Å². The molecule has 3 fully saturated rings. The van der Waals surface area contributed by atoms with E-state index in [-0.39, 0.29) is 11.6 Å². The molecule has 3 atom stereocenters. The summed E-state index contributed by atoms with van der Waals surface area (Å²) >= 11 is 1.74. The molecule has 5 nitrogen and oxygen atoms in total. The van der Waals surface area contributed by atoms with Crippen molar-refractivity contribution in [3.8, 4) is 0 Å². The molecule has 0 aromatic heterocycles. The van der Waals surface area contributed by atoms with E-state index in [1.807, 2.05) is 0 Å². The van der Waals surface area contributed by atoms with Crippen molar-refractivity contribution in [2.45, 2.75) is 36.9 Å². The minimum atomic E-state index is -0.685. The van der Waals surface area contributed by atoms with E-state index in [2.05, 4.69) is 4.90 Å². The highest BCUT2D eigenvalue weighted by molar-refractivity contribution is 7.99. The second-order valence-electron chi connectivity index (χ2n) is 5.65. The summed E-state index contributed by atoms with van der Waals surface area (Å²) in [5.41, 5.74) is -0.142. The predicted molar refractivity (Wildman–Crippen MR) is 72.6 cm³/mol. The SMILES string of the molecule is O=C(O)C1CSCCN1C1CCOC2(CCOC2)C1. The number of hydrogen-bond acceptors (Lipinski definition) is 5. The summed E-state index contributed by atoms with van der Waals surface area (Å²) in [4.78, 5) is 13.6. The van der Waals surface area contributed by atoms with E-state index in [1.165, 1.54) is 0 Å². The van der Waals surface area contributed by atoms with Crippen molar-refractivity contribution in [1.29, 1.82) is 0 Å². The number of carboxylic acids is 1. The molecule has 0 aliphatic carbocycles. The van der Waals surface area contributed by atoms with Gasteiger partial charge in [0.1, 0.15) is 6.04 Å². The molecule has 0 bridgehead atoms. The molecule has 6 heteroatoms. The molecule has 0 aromatic carbocycles. The lowest BCUT2D eigenvalue weighted by Gasteiger charge is -2.45. The molecule has 3 heterocycles. The van der Waals surface area contributed by atoms with Crippen LogP contribution in [0.5, 0.6) is 0 Å². The number of rotatable bonds is 2. The summed E-state index contributed by atoms with van der Waals surface area (Å²) < 4.78 is 11.4. The van der Waals surface area contributed by atoms with Gasteiger partial charge in [-0.15, -0.1) is 0 Å². The third-order valence-electron chi connectivity index (χ3n) is 4.46. The average molecular weight is 287 g/mol. The van der Waals surface area contributed by atoms with Gasteiger partial charge in [-0.25, -0.2) is 0 Å². The Morgan fingerprint density at radius 3 is 3.05 bits per heavy atom. The first-order valence-corrected chi connectivity index (χ1v) is 8.14. The van der Waals surface area contributed by atoms with Crippen LogP contribution in [0.4, 0.5) is 0 Å². The number of thioether (sulfide) groups is 1. The summed E-state index contributed by atoms with van der Waals surface area (Å²) in [6.07, 6.45) is 2.81. The lowest BCUT2D eigenvalue weighted by molar-refractivity contribution is -0.148.